The number of ether oxygens (including phenoxy) is 2. The molecular formula is C12H10Br3ClO3. The molecule has 1 spiro atoms. The Morgan fingerprint density at radius 3 is 2.47 bits per heavy atom. The summed E-state index contributed by atoms with van der Waals surface area (Å²) >= 11 is 17.2. The van der Waals surface area contributed by atoms with Gasteiger partial charge in [0.05, 0.1) is 18.6 Å². The van der Waals surface area contributed by atoms with Gasteiger partial charge in [0.15, 0.2) is 14.8 Å². The standard InChI is InChI=1S/C12H10Br3ClO3/c13-10-2-1-5(12(10)18-3-4-19-12)6-7(10)8(16)11(14,15)9(6)17/h1-2,5-8H,3-4H2/t5-,6?,7?,8+,10-/m0/s1. The summed E-state index contributed by atoms with van der Waals surface area (Å²) in [5.41, 5.74) is 0. The summed E-state index contributed by atoms with van der Waals surface area (Å²) in [5, 5.41) is -0.371. The van der Waals surface area contributed by atoms with E-state index in [2.05, 4.69) is 47.8 Å². The van der Waals surface area contributed by atoms with Crippen molar-refractivity contribution in [1.29, 1.82) is 0 Å². The number of carbonyl (C=O) groups is 1. The SMILES string of the molecule is O=C1C2C([C@@H](Cl)C1(Br)Br)[C@@]1(Br)C=C[C@@H]2C12OCCO2. The molecule has 3 fully saturated rings. The van der Waals surface area contributed by atoms with Crippen molar-refractivity contribution in [2.45, 2.75) is 18.7 Å². The molecule has 19 heavy (non-hydrogen) atoms. The molecule has 0 aromatic carbocycles. The molecule has 0 aromatic heterocycles. The first kappa shape index (κ1) is 13.7. The van der Waals surface area contributed by atoms with Crippen LogP contribution < -0.4 is 0 Å². The van der Waals surface area contributed by atoms with Crippen molar-refractivity contribution in [2.75, 3.05) is 13.2 Å². The van der Waals surface area contributed by atoms with Gasteiger partial charge >= 0.3 is 0 Å². The van der Waals surface area contributed by atoms with Gasteiger partial charge in [-0.1, -0.05) is 59.9 Å². The van der Waals surface area contributed by atoms with E-state index in [-0.39, 0.29) is 28.9 Å². The van der Waals surface area contributed by atoms with Crippen molar-refractivity contribution in [3.05, 3.63) is 12.2 Å². The van der Waals surface area contributed by atoms with Crippen molar-refractivity contribution >= 4 is 65.2 Å². The van der Waals surface area contributed by atoms with Gasteiger partial charge in [-0.2, -0.15) is 0 Å². The number of Topliss-reactive ketones (excluding diaryl/α,β-unsaturated/α-hetero) is 1. The number of fused-ring (bicyclic) bond motifs is 3. The summed E-state index contributed by atoms with van der Waals surface area (Å²) in [6, 6.07) is 0. The maximum atomic E-state index is 12.6. The highest BCUT2D eigenvalue weighted by atomic mass is 79.9. The molecule has 1 saturated heterocycles. The van der Waals surface area contributed by atoms with E-state index in [4.69, 9.17) is 21.1 Å². The second-order valence-corrected chi connectivity index (χ2v) is 10.8. The fraction of sp³-hybridized carbons (Fsp3) is 0.750. The van der Waals surface area contributed by atoms with Gasteiger partial charge < -0.3 is 9.47 Å². The van der Waals surface area contributed by atoms with Crippen molar-refractivity contribution in [2.24, 2.45) is 17.8 Å². The van der Waals surface area contributed by atoms with Gasteiger partial charge in [0.25, 0.3) is 0 Å². The number of hydrogen-bond acceptors (Lipinski definition) is 3. The lowest BCUT2D eigenvalue weighted by molar-refractivity contribution is -0.179. The maximum Gasteiger partial charge on any atom is 0.194 e. The second kappa shape index (κ2) is 3.87. The van der Waals surface area contributed by atoms with Gasteiger partial charge in [-0.15, -0.1) is 11.6 Å². The van der Waals surface area contributed by atoms with Crippen LogP contribution in [0.4, 0.5) is 0 Å². The lowest BCUT2D eigenvalue weighted by atomic mass is 9.85. The average Bonchev–Trinajstić information content (AvgIpc) is 3.04. The largest absolute Gasteiger partial charge is 0.345 e. The Balaban J connectivity index is 1.88. The monoisotopic (exact) mass is 474 g/mol. The van der Waals surface area contributed by atoms with Crippen LogP contribution >= 0.6 is 59.4 Å². The molecule has 2 bridgehead atoms. The molecule has 0 amide bonds. The van der Waals surface area contributed by atoms with Crippen molar-refractivity contribution in [3.8, 4) is 0 Å². The van der Waals surface area contributed by atoms with Gasteiger partial charge in [0.2, 0.25) is 0 Å². The highest BCUT2D eigenvalue weighted by molar-refractivity contribution is 9.26. The summed E-state index contributed by atoms with van der Waals surface area (Å²) in [6.45, 7) is 1.11. The smallest absolute Gasteiger partial charge is 0.194 e. The summed E-state index contributed by atoms with van der Waals surface area (Å²) in [7, 11) is 0. The number of alkyl halides is 4. The van der Waals surface area contributed by atoms with Crippen LogP contribution in [-0.2, 0) is 14.3 Å². The third kappa shape index (κ3) is 1.31. The highest BCUT2D eigenvalue weighted by Gasteiger charge is 2.80. The molecule has 0 aromatic rings. The predicted octanol–water partition coefficient (Wildman–Crippen LogP) is 2.97. The minimum atomic E-state index is -0.861. The van der Waals surface area contributed by atoms with E-state index in [1.165, 1.54) is 0 Å². The number of halogens is 4. The van der Waals surface area contributed by atoms with E-state index in [1.807, 2.05) is 12.2 Å². The van der Waals surface area contributed by atoms with Gasteiger partial charge in [0.1, 0.15) is 4.32 Å². The summed E-state index contributed by atoms with van der Waals surface area (Å²) < 4.78 is 10.4. The van der Waals surface area contributed by atoms with Crippen LogP contribution in [-0.4, -0.2) is 37.7 Å². The number of carbonyl (C=O) groups excluding carboxylic acids is 1. The highest BCUT2D eigenvalue weighted by Crippen LogP contribution is 2.71. The van der Waals surface area contributed by atoms with Crippen LogP contribution in [0.2, 0.25) is 0 Å². The molecule has 2 saturated carbocycles. The Morgan fingerprint density at radius 2 is 1.89 bits per heavy atom. The van der Waals surface area contributed by atoms with Crippen molar-refractivity contribution in [3.63, 3.8) is 0 Å². The normalized spacial score (nSPS) is 52.3. The van der Waals surface area contributed by atoms with E-state index in [1.54, 1.807) is 0 Å². The second-order valence-electron chi connectivity index (χ2n) is 5.46. The van der Waals surface area contributed by atoms with Gasteiger partial charge in [-0.25, -0.2) is 0 Å². The number of hydrogen-bond donors (Lipinski definition) is 0. The van der Waals surface area contributed by atoms with Crippen molar-refractivity contribution < 1.29 is 14.3 Å². The lowest BCUT2D eigenvalue weighted by Crippen LogP contribution is -2.51. The first-order valence-corrected chi connectivity index (χ1v) is 8.90. The zero-order chi connectivity index (χ0) is 13.6. The zero-order valence-electron chi connectivity index (χ0n) is 9.61. The fourth-order valence-electron chi connectivity index (χ4n) is 4.07. The Kier molecular flexibility index (Phi) is 2.79. The molecule has 4 aliphatic rings. The first-order chi connectivity index (χ1) is 8.86. The Morgan fingerprint density at radius 1 is 1.26 bits per heavy atom. The molecule has 104 valence electrons. The molecule has 7 heteroatoms. The molecular weight excluding hydrogens is 467 g/mol. The molecule has 3 aliphatic carbocycles. The van der Waals surface area contributed by atoms with E-state index in [9.17, 15) is 4.79 Å². The topological polar surface area (TPSA) is 35.5 Å². The molecule has 0 radical (unpaired) electrons. The van der Waals surface area contributed by atoms with Crippen LogP contribution in [0.5, 0.6) is 0 Å². The Bertz CT molecular complexity index is 502. The van der Waals surface area contributed by atoms with Gasteiger partial charge in [0, 0.05) is 17.8 Å². The van der Waals surface area contributed by atoms with Crippen LogP contribution in [0.1, 0.15) is 0 Å². The van der Waals surface area contributed by atoms with Crippen molar-refractivity contribution in [1.82, 2.24) is 0 Å². The molecule has 3 nitrogen and oxygen atoms in total. The maximum absolute atomic E-state index is 12.6. The van der Waals surface area contributed by atoms with Crippen LogP contribution in [0.15, 0.2) is 12.2 Å². The quantitative estimate of drug-likeness (QED) is 0.398. The molecule has 0 N–H and O–H groups in total. The first-order valence-electron chi connectivity index (χ1n) is 6.08. The van der Waals surface area contributed by atoms with Gasteiger partial charge in [-0.3, -0.25) is 4.79 Å². The predicted molar refractivity (Wildman–Crippen MR) is 81.1 cm³/mol. The molecule has 4 rings (SSSR count). The van der Waals surface area contributed by atoms with E-state index < -0.39 is 13.3 Å². The molecule has 1 heterocycles. The van der Waals surface area contributed by atoms with Crippen LogP contribution in [0.3, 0.4) is 0 Å². The third-order valence-corrected chi connectivity index (χ3v) is 9.03. The summed E-state index contributed by atoms with van der Waals surface area (Å²) in [5.74, 6) is -1.02. The number of rotatable bonds is 0. The molecule has 5 atom stereocenters. The minimum Gasteiger partial charge on any atom is -0.345 e. The van der Waals surface area contributed by atoms with Crippen LogP contribution in [0, 0.1) is 17.8 Å². The molecule has 2 unspecified atom stereocenters. The van der Waals surface area contributed by atoms with Gasteiger partial charge in [-0.05, 0) is 0 Å². The lowest BCUT2D eigenvalue weighted by Gasteiger charge is -2.38. The van der Waals surface area contributed by atoms with E-state index in [0.717, 1.165) is 0 Å². The molecule has 1 aliphatic heterocycles. The van der Waals surface area contributed by atoms with E-state index in [0.29, 0.717) is 13.2 Å². The fourth-order valence-corrected chi connectivity index (χ4v) is 6.98. The average molecular weight is 477 g/mol. The zero-order valence-corrected chi connectivity index (χ0v) is 15.1. The Hall–Kier alpha value is 1.06. The van der Waals surface area contributed by atoms with E-state index >= 15 is 0 Å². The minimum absolute atomic E-state index is 0.0616. The summed E-state index contributed by atoms with van der Waals surface area (Å²) in [4.78, 5) is 12.6. The third-order valence-electron chi connectivity index (χ3n) is 4.79. The van der Waals surface area contributed by atoms with Crippen LogP contribution in [0.25, 0.3) is 0 Å². The summed E-state index contributed by atoms with van der Waals surface area (Å²) in [6.07, 6.45) is 4.08. The number of ketones is 1. The Labute approximate surface area is 140 Å².